The molecule has 3 N–H and O–H groups in total. The number of carbonyl (C=O) groups is 3. The van der Waals surface area contributed by atoms with E-state index >= 15 is 0 Å². The highest BCUT2D eigenvalue weighted by atomic mass is 16.3. The molecule has 3 amide bonds. The van der Waals surface area contributed by atoms with E-state index in [1.165, 1.54) is 6.26 Å². The average molecular weight is 439 g/mol. The number of amides is 3. The standard InChI is InChI=1S/C26H21N3O4/c30-24(20-11-13-21(14-12-20)28-25(31)19-7-2-1-3-8-19)27-17-18-6-4-9-22(16-18)29-26(32)23-10-5-15-33-23/h1-16H,17H2,(H,27,30)(H,28,31)(H,29,32). The van der Waals surface area contributed by atoms with E-state index in [0.29, 0.717) is 22.5 Å². The van der Waals surface area contributed by atoms with Crippen LogP contribution in [0.1, 0.15) is 36.8 Å². The van der Waals surface area contributed by atoms with Crippen molar-refractivity contribution in [3.63, 3.8) is 0 Å². The van der Waals surface area contributed by atoms with Crippen LogP contribution >= 0.6 is 0 Å². The van der Waals surface area contributed by atoms with E-state index in [-0.39, 0.29) is 30.0 Å². The third-order valence-electron chi connectivity index (χ3n) is 4.82. The third kappa shape index (κ3) is 5.74. The zero-order valence-electron chi connectivity index (χ0n) is 17.6. The average Bonchev–Trinajstić information content (AvgIpc) is 3.39. The first-order chi connectivity index (χ1) is 16.1. The van der Waals surface area contributed by atoms with Crippen molar-refractivity contribution in [2.75, 3.05) is 10.6 Å². The molecular formula is C26H21N3O4. The van der Waals surface area contributed by atoms with E-state index in [2.05, 4.69) is 16.0 Å². The van der Waals surface area contributed by atoms with Gasteiger partial charge in [-0.25, -0.2) is 0 Å². The Morgan fingerprint density at radius 3 is 2.09 bits per heavy atom. The van der Waals surface area contributed by atoms with Gasteiger partial charge in [0.1, 0.15) is 0 Å². The van der Waals surface area contributed by atoms with Crippen LogP contribution in [0.15, 0.2) is 102 Å². The molecule has 0 saturated heterocycles. The van der Waals surface area contributed by atoms with Crippen LogP contribution in [0.4, 0.5) is 11.4 Å². The van der Waals surface area contributed by atoms with Crippen molar-refractivity contribution in [3.05, 3.63) is 120 Å². The molecule has 0 fully saturated rings. The van der Waals surface area contributed by atoms with Crippen molar-refractivity contribution in [3.8, 4) is 0 Å². The Balaban J connectivity index is 1.31. The first-order valence-electron chi connectivity index (χ1n) is 10.3. The molecule has 7 nitrogen and oxygen atoms in total. The van der Waals surface area contributed by atoms with Crippen LogP contribution < -0.4 is 16.0 Å². The third-order valence-corrected chi connectivity index (χ3v) is 4.82. The quantitative estimate of drug-likeness (QED) is 0.388. The maximum atomic E-state index is 12.5. The van der Waals surface area contributed by atoms with E-state index < -0.39 is 0 Å². The van der Waals surface area contributed by atoms with Gasteiger partial charge in [0.2, 0.25) is 0 Å². The number of carbonyl (C=O) groups excluding carboxylic acids is 3. The van der Waals surface area contributed by atoms with Crippen molar-refractivity contribution < 1.29 is 18.8 Å². The molecule has 164 valence electrons. The monoisotopic (exact) mass is 439 g/mol. The molecule has 33 heavy (non-hydrogen) atoms. The van der Waals surface area contributed by atoms with Crippen molar-refractivity contribution in [2.45, 2.75) is 6.54 Å². The molecule has 0 saturated carbocycles. The zero-order valence-corrected chi connectivity index (χ0v) is 17.6. The lowest BCUT2D eigenvalue weighted by Gasteiger charge is -2.09. The fourth-order valence-corrected chi connectivity index (χ4v) is 3.14. The van der Waals surface area contributed by atoms with E-state index in [0.717, 1.165) is 5.56 Å². The first-order valence-corrected chi connectivity index (χ1v) is 10.3. The summed E-state index contributed by atoms with van der Waals surface area (Å²) in [7, 11) is 0. The Bertz CT molecular complexity index is 1250. The summed E-state index contributed by atoms with van der Waals surface area (Å²) in [6.07, 6.45) is 1.44. The predicted molar refractivity (Wildman–Crippen MR) is 125 cm³/mol. The topological polar surface area (TPSA) is 100 Å². The molecule has 0 unspecified atom stereocenters. The number of nitrogens with one attached hydrogen (secondary N) is 3. The SMILES string of the molecule is O=C(NCc1cccc(NC(=O)c2ccco2)c1)c1ccc(NC(=O)c2ccccc2)cc1. The Kier molecular flexibility index (Phi) is 6.61. The van der Waals surface area contributed by atoms with Gasteiger partial charge in [-0.2, -0.15) is 0 Å². The van der Waals surface area contributed by atoms with Crippen LogP contribution in [0.25, 0.3) is 0 Å². The fourth-order valence-electron chi connectivity index (χ4n) is 3.14. The van der Waals surface area contributed by atoms with Gasteiger partial charge in [-0.3, -0.25) is 14.4 Å². The molecule has 0 radical (unpaired) electrons. The summed E-state index contributed by atoms with van der Waals surface area (Å²) in [6.45, 7) is 0.287. The van der Waals surface area contributed by atoms with Gasteiger partial charge in [0.05, 0.1) is 6.26 Å². The number of hydrogen-bond donors (Lipinski definition) is 3. The van der Waals surface area contributed by atoms with Gasteiger partial charge >= 0.3 is 0 Å². The van der Waals surface area contributed by atoms with Gasteiger partial charge in [0.15, 0.2) is 5.76 Å². The Hall–Kier alpha value is -4.65. The summed E-state index contributed by atoms with van der Waals surface area (Å²) in [5, 5.41) is 8.41. The molecule has 7 heteroatoms. The van der Waals surface area contributed by atoms with E-state index in [1.807, 2.05) is 12.1 Å². The maximum Gasteiger partial charge on any atom is 0.291 e. The Morgan fingerprint density at radius 1 is 0.636 bits per heavy atom. The smallest absolute Gasteiger partial charge is 0.291 e. The molecule has 3 aromatic carbocycles. The second kappa shape index (κ2) is 10.1. The van der Waals surface area contributed by atoms with Crippen LogP contribution in [-0.4, -0.2) is 17.7 Å². The summed E-state index contributed by atoms with van der Waals surface area (Å²) < 4.78 is 5.09. The van der Waals surface area contributed by atoms with Gasteiger partial charge < -0.3 is 20.4 Å². The Morgan fingerprint density at radius 2 is 1.36 bits per heavy atom. The van der Waals surface area contributed by atoms with E-state index in [9.17, 15) is 14.4 Å². The highest BCUT2D eigenvalue weighted by Crippen LogP contribution is 2.14. The molecule has 1 heterocycles. The van der Waals surface area contributed by atoms with Crippen LogP contribution in [0.2, 0.25) is 0 Å². The number of furan rings is 1. The lowest BCUT2D eigenvalue weighted by molar-refractivity contribution is 0.0949. The minimum absolute atomic E-state index is 0.216. The molecule has 4 aromatic rings. The summed E-state index contributed by atoms with van der Waals surface area (Å²) >= 11 is 0. The fraction of sp³-hybridized carbons (Fsp3) is 0.0385. The maximum absolute atomic E-state index is 12.5. The van der Waals surface area contributed by atoms with Crippen molar-refractivity contribution >= 4 is 29.1 Å². The molecule has 4 rings (SSSR count). The van der Waals surface area contributed by atoms with Crippen molar-refractivity contribution in [1.82, 2.24) is 5.32 Å². The second-order valence-electron chi connectivity index (χ2n) is 7.21. The predicted octanol–water partition coefficient (Wildman–Crippen LogP) is 4.71. The van der Waals surface area contributed by atoms with Crippen LogP contribution in [0.5, 0.6) is 0 Å². The van der Waals surface area contributed by atoms with Gasteiger partial charge in [-0.15, -0.1) is 0 Å². The molecular weight excluding hydrogens is 418 g/mol. The molecule has 0 aliphatic rings. The number of anilines is 2. The molecule has 1 aromatic heterocycles. The highest BCUT2D eigenvalue weighted by Gasteiger charge is 2.10. The molecule has 0 aliphatic carbocycles. The summed E-state index contributed by atoms with van der Waals surface area (Å²) in [5.74, 6) is -0.592. The van der Waals surface area contributed by atoms with Crippen molar-refractivity contribution in [1.29, 1.82) is 0 Å². The van der Waals surface area contributed by atoms with Gasteiger partial charge in [0, 0.05) is 29.0 Å². The van der Waals surface area contributed by atoms with Crippen LogP contribution in [0, 0.1) is 0 Å². The minimum Gasteiger partial charge on any atom is -0.459 e. The van der Waals surface area contributed by atoms with Gasteiger partial charge in [0.25, 0.3) is 17.7 Å². The first kappa shape index (κ1) is 21.6. The van der Waals surface area contributed by atoms with Gasteiger partial charge in [-0.05, 0) is 66.2 Å². The number of hydrogen-bond acceptors (Lipinski definition) is 4. The molecule has 0 spiro atoms. The normalized spacial score (nSPS) is 10.3. The zero-order chi connectivity index (χ0) is 23.0. The molecule has 0 atom stereocenters. The van der Waals surface area contributed by atoms with Gasteiger partial charge in [-0.1, -0.05) is 30.3 Å². The largest absolute Gasteiger partial charge is 0.459 e. The van der Waals surface area contributed by atoms with E-state index in [4.69, 9.17) is 4.42 Å². The second-order valence-corrected chi connectivity index (χ2v) is 7.21. The number of rotatable bonds is 7. The lowest BCUT2D eigenvalue weighted by Crippen LogP contribution is -2.23. The number of benzene rings is 3. The summed E-state index contributed by atoms with van der Waals surface area (Å²) in [4.78, 5) is 36.9. The lowest BCUT2D eigenvalue weighted by atomic mass is 10.1. The molecule has 0 bridgehead atoms. The molecule has 0 aliphatic heterocycles. The summed E-state index contributed by atoms with van der Waals surface area (Å²) in [6, 6.07) is 26.0. The van der Waals surface area contributed by atoms with E-state index in [1.54, 1.807) is 78.9 Å². The van der Waals surface area contributed by atoms with Crippen LogP contribution in [0.3, 0.4) is 0 Å². The summed E-state index contributed by atoms with van der Waals surface area (Å²) in [5.41, 5.74) is 3.05. The minimum atomic E-state index is -0.347. The van der Waals surface area contributed by atoms with Crippen LogP contribution in [-0.2, 0) is 6.54 Å². The Labute approximate surface area is 190 Å². The highest BCUT2D eigenvalue weighted by molar-refractivity contribution is 6.04. The van der Waals surface area contributed by atoms with Crippen molar-refractivity contribution in [2.24, 2.45) is 0 Å².